The zero-order valence-electron chi connectivity index (χ0n) is 7.60. The van der Waals surface area contributed by atoms with Gasteiger partial charge in [-0.3, -0.25) is 4.79 Å². The van der Waals surface area contributed by atoms with E-state index in [1.807, 2.05) is 16.8 Å². The molecule has 0 aromatic carbocycles. The molecule has 2 heterocycles. The molecule has 0 spiro atoms. The quantitative estimate of drug-likeness (QED) is 0.604. The topological polar surface area (TPSA) is 17.1 Å². The number of thioether (sulfide) groups is 1. The predicted octanol–water partition coefficient (Wildman–Crippen LogP) is 4.48. The number of hydrogen-bond acceptors (Lipinski definition) is 4. The van der Waals surface area contributed by atoms with Crippen molar-refractivity contribution in [2.45, 2.75) is 10.6 Å². The number of hydrogen-bond donors (Lipinski definition) is 0. The van der Waals surface area contributed by atoms with Crippen LogP contribution in [0.2, 0.25) is 0 Å². The highest BCUT2D eigenvalue weighted by Gasteiger charge is 2.10. The Bertz CT molecular complexity index is 447. The van der Waals surface area contributed by atoms with Gasteiger partial charge in [-0.2, -0.15) is 11.3 Å². The zero-order chi connectivity index (χ0) is 10.7. The maximum absolute atomic E-state index is 11.1. The van der Waals surface area contributed by atoms with Crippen molar-refractivity contribution in [1.82, 2.24) is 0 Å². The smallest absolute Gasteiger partial charge is 0.262 e. The molecule has 78 valence electrons. The lowest BCUT2D eigenvalue weighted by molar-refractivity contribution is 0.108. The summed E-state index contributed by atoms with van der Waals surface area (Å²) in [5.41, 5.74) is 1.02. The van der Waals surface area contributed by atoms with Crippen molar-refractivity contribution >= 4 is 51.3 Å². The normalized spacial score (nSPS) is 10.5. The molecule has 0 aliphatic rings. The second kappa shape index (κ2) is 5.16. The molecule has 2 aromatic rings. The van der Waals surface area contributed by atoms with Gasteiger partial charge in [0.25, 0.3) is 5.24 Å². The van der Waals surface area contributed by atoms with E-state index in [9.17, 15) is 4.79 Å². The molecule has 0 atom stereocenters. The van der Waals surface area contributed by atoms with Crippen LogP contribution in [0.25, 0.3) is 0 Å². The van der Waals surface area contributed by atoms with E-state index >= 15 is 0 Å². The molecule has 0 bridgehead atoms. The summed E-state index contributed by atoms with van der Waals surface area (Å²) < 4.78 is 0. The van der Waals surface area contributed by atoms with Crippen LogP contribution in [0.5, 0.6) is 0 Å². The second-order valence-corrected chi connectivity index (χ2v) is 5.88. The Labute approximate surface area is 105 Å². The van der Waals surface area contributed by atoms with Crippen LogP contribution >= 0.6 is 46.0 Å². The van der Waals surface area contributed by atoms with Crippen LogP contribution in [0.15, 0.2) is 33.2 Å². The van der Waals surface area contributed by atoms with E-state index in [0.717, 1.165) is 11.3 Å². The van der Waals surface area contributed by atoms with Crippen LogP contribution in [-0.2, 0) is 5.75 Å². The standard InChI is InChI=1S/C10H7ClOS3/c11-10(12)9-7(1-4-14-9)5-15-8-2-3-13-6-8/h1-4,6H,5H2. The van der Waals surface area contributed by atoms with E-state index in [2.05, 4.69) is 11.4 Å². The van der Waals surface area contributed by atoms with Crippen LogP contribution in [0, 0.1) is 0 Å². The lowest BCUT2D eigenvalue weighted by Crippen LogP contribution is -1.89. The van der Waals surface area contributed by atoms with Gasteiger partial charge in [-0.1, -0.05) is 0 Å². The SMILES string of the molecule is O=C(Cl)c1sccc1CSc1ccsc1. The maximum atomic E-state index is 11.1. The van der Waals surface area contributed by atoms with E-state index in [-0.39, 0.29) is 5.24 Å². The Morgan fingerprint density at radius 1 is 1.40 bits per heavy atom. The first-order valence-corrected chi connectivity index (χ1v) is 7.37. The first-order valence-electron chi connectivity index (χ1n) is 4.18. The summed E-state index contributed by atoms with van der Waals surface area (Å²) in [6, 6.07) is 4.03. The molecular formula is C10H7ClOS3. The molecule has 0 amide bonds. The summed E-state index contributed by atoms with van der Waals surface area (Å²) >= 11 is 10.3. The van der Waals surface area contributed by atoms with E-state index < -0.39 is 0 Å². The van der Waals surface area contributed by atoms with Crippen molar-refractivity contribution in [3.63, 3.8) is 0 Å². The minimum atomic E-state index is -0.356. The minimum Gasteiger partial charge on any atom is -0.275 e. The first kappa shape index (κ1) is 11.2. The molecule has 0 unspecified atom stereocenters. The molecule has 2 rings (SSSR count). The average molecular weight is 275 g/mol. The van der Waals surface area contributed by atoms with Crippen molar-refractivity contribution in [2.75, 3.05) is 0 Å². The first-order chi connectivity index (χ1) is 7.27. The highest BCUT2D eigenvalue weighted by molar-refractivity contribution is 7.98. The third kappa shape index (κ3) is 2.84. The van der Waals surface area contributed by atoms with Crippen LogP contribution in [0.3, 0.4) is 0 Å². The van der Waals surface area contributed by atoms with Gasteiger partial charge in [-0.15, -0.1) is 23.1 Å². The van der Waals surface area contributed by atoms with Gasteiger partial charge < -0.3 is 0 Å². The number of carbonyl (C=O) groups is 1. The van der Waals surface area contributed by atoms with Gasteiger partial charge in [0.15, 0.2) is 0 Å². The summed E-state index contributed by atoms with van der Waals surface area (Å²) in [7, 11) is 0. The van der Waals surface area contributed by atoms with Crippen molar-refractivity contribution in [3.05, 3.63) is 38.7 Å². The van der Waals surface area contributed by atoms with E-state index in [1.165, 1.54) is 16.2 Å². The Balaban J connectivity index is 2.05. The Morgan fingerprint density at radius 2 is 2.27 bits per heavy atom. The largest absolute Gasteiger partial charge is 0.275 e. The van der Waals surface area contributed by atoms with E-state index in [4.69, 9.17) is 11.6 Å². The molecule has 0 N–H and O–H groups in total. The molecule has 0 saturated heterocycles. The predicted molar refractivity (Wildman–Crippen MR) is 68.4 cm³/mol. The van der Waals surface area contributed by atoms with E-state index in [1.54, 1.807) is 23.1 Å². The van der Waals surface area contributed by atoms with Gasteiger partial charge in [0.05, 0.1) is 4.88 Å². The number of thiophene rings is 2. The summed E-state index contributed by atoms with van der Waals surface area (Å²) in [4.78, 5) is 13.0. The molecule has 0 fully saturated rings. The summed E-state index contributed by atoms with van der Waals surface area (Å²) in [6.07, 6.45) is 0. The van der Waals surface area contributed by atoms with E-state index in [0.29, 0.717) is 4.88 Å². The van der Waals surface area contributed by atoms with Crippen LogP contribution in [0.4, 0.5) is 0 Å². The fourth-order valence-corrected chi connectivity index (χ4v) is 3.98. The highest BCUT2D eigenvalue weighted by atomic mass is 35.5. The van der Waals surface area contributed by atoms with Crippen molar-refractivity contribution in [2.24, 2.45) is 0 Å². The molecule has 5 heteroatoms. The summed E-state index contributed by atoms with van der Waals surface area (Å²) in [6.45, 7) is 0. The third-order valence-corrected chi connectivity index (χ3v) is 4.95. The summed E-state index contributed by atoms with van der Waals surface area (Å²) in [5, 5.41) is 5.69. The monoisotopic (exact) mass is 274 g/mol. The van der Waals surface area contributed by atoms with Gasteiger partial charge in [0.2, 0.25) is 0 Å². The lowest BCUT2D eigenvalue weighted by atomic mass is 10.3. The number of rotatable bonds is 4. The molecule has 1 nitrogen and oxygen atoms in total. The fourth-order valence-electron chi connectivity index (χ4n) is 1.12. The van der Waals surface area contributed by atoms with Crippen LogP contribution in [0.1, 0.15) is 15.2 Å². The average Bonchev–Trinajstić information content (AvgIpc) is 2.86. The van der Waals surface area contributed by atoms with Crippen molar-refractivity contribution in [3.8, 4) is 0 Å². The van der Waals surface area contributed by atoms with Gasteiger partial charge in [0, 0.05) is 16.0 Å². The van der Waals surface area contributed by atoms with Crippen LogP contribution in [-0.4, -0.2) is 5.24 Å². The van der Waals surface area contributed by atoms with Gasteiger partial charge in [-0.05, 0) is 40.1 Å². The van der Waals surface area contributed by atoms with Crippen molar-refractivity contribution in [1.29, 1.82) is 0 Å². The molecule has 0 saturated carbocycles. The highest BCUT2D eigenvalue weighted by Crippen LogP contribution is 2.28. The number of carbonyl (C=O) groups excluding carboxylic acids is 1. The maximum Gasteiger partial charge on any atom is 0.262 e. The minimum absolute atomic E-state index is 0.356. The molecule has 15 heavy (non-hydrogen) atoms. The number of halogens is 1. The Hall–Kier alpha value is -0.290. The second-order valence-electron chi connectivity index (χ2n) is 2.80. The van der Waals surface area contributed by atoms with Crippen molar-refractivity contribution < 1.29 is 4.79 Å². The van der Waals surface area contributed by atoms with Gasteiger partial charge >= 0.3 is 0 Å². The molecule has 0 radical (unpaired) electrons. The third-order valence-electron chi connectivity index (χ3n) is 1.81. The van der Waals surface area contributed by atoms with Gasteiger partial charge in [0.1, 0.15) is 0 Å². The molecule has 0 aliphatic heterocycles. The fraction of sp³-hybridized carbons (Fsp3) is 0.100. The molecule has 2 aromatic heterocycles. The van der Waals surface area contributed by atoms with Crippen LogP contribution < -0.4 is 0 Å². The van der Waals surface area contributed by atoms with Gasteiger partial charge in [-0.25, -0.2) is 0 Å². The molecule has 0 aliphatic carbocycles. The summed E-state index contributed by atoms with van der Waals surface area (Å²) in [5.74, 6) is 0.800. The zero-order valence-corrected chi connectivity index (χ0v) is 10.8. The Kier molecular flexibility index (Phi) is 3.86. The Morgan fingerprint density at radius 3 is 2.93 bits per heavy atom. The molecular weight excluding hydrogens is 268 g/mol. The lowest BCUT2D eigenvalue weighted by Gasteiger charge is -1.98.